The number of hydrogen-bond acceptors (Lipinski definition) is 0. The van der Waals surface area contributed by atoms with E-state index in [2.05, 4.69) is 55.2 Å². The van der Waals surface area contributed by atoms with Gasteiger partial charge in [0.25, 0.3) is 0 Å². The van der Waals surface area contributed by atoms with Crippen LogP contribution in [0.2, 0.25) is 0 Å². The SMILES string of the molecule is C.C=CC[N+](C)(C)CC=C.CCC1C[N+](C)(C)CC1CC. The molecular weight excluding hydrogens is 256 g/mol. The number of quaternary nitrogens is 2. The van der Waals surface area contributed by atoms with E-state index < -0.39 is 0 Å². The lowest BCUT2D eigenvalue weighted by Crippen LogP contribution is -2.39. The zero-order valence-electron chi connectivity index (χ0n) is 14.9. The summed E-state index contributed by atoms with van der Waals surface area (Å²) >= 11 is 0. The summed E-state index contributed by atoms with van der Waals surface area (Å²) in [5, 5.41) is 0. The van der Waals surface area contributed by atoms with Crippen LogP contribution in [0.3, 0.4) is 0 Å². The molecule has 0 aromatic rings. The van der Waals surface area contributed by atoms with Crippen LogP contribution in [0, 0.1) is 11.8 Å². The Morgan fingerprint density at radius 3 is 1.52 bits per heavy atom. The zero-order chi connectivity index (χ0) is 15.8. The van der Waals surface area contributed by atoms with E-state index in [1.165, 1.54) is 30.4 Å². The predicted octanol–water partition coefficient (Wildman–Crippen LogP) is 4.20. The molecule has 2 heteroatoms. The standard InChI is InChI=1S/C10H22N.C8H16N.CH4/c1-5-9-7-11(3,4)8-10(9)6-2;1-5-7-9(3,4)8-6-2;/h9-10H,5-8H2,1-4H3;5-6H,1-2,7-8H2,3-4H3;1H4/q2*+1;. The van der Waals surface area contributed by atoms with Gasteiger partial charge >= 0.3 is 0 Å². The van der Waals surface area contributed by atoms with E-state index in [1.54, 1.807) is 0 Å². The molecule has 2 atom stereocenters. The topological polar surface area (TPSA) is 0 Å². The highest BCUT2D eigenvalue weighted by atomic mass is 15.3. The van der Waals surface area contributed by atoms with Crippen molar-refractivity contribution < 1.29 is 8.97 Å². The van der Waals surface area contributed by atoms with Crippen LogP contribution >= 0.6 is 0 Å². The lowest BCUT2D eigenvalue weighted by molar-refractivity contribution is -0.880. The maximum atomic E-state index is 3.68. The first kappa shape index (κ1) is 22.7. The second kappa shape index (κ2) is 10.2. The predicted molar refractivity (Wildman–Crippen MR) is 98.4 cm³/mol. The monoisotopic (exact) mass is 298 g/mol. The highest BCUT2D eigenvalue weighted by molar-refractivity contribution is 4.73. The van der Waals surface area contributed by atoms with Gasteiger partial charge < -0.3 is 8.97 Å². The molecule has 21 heavy (non-hydrogen) atoms. The van der Waals surface area contributed by atoms with Crippen molar-refractivity contribution in [1.29, 1.82) is 0 Å². The Labute approximate surface area is 135 Å². The van der Waals surface area contributed by atoms with Crippen molar-refractivity contribution in [2.24, 2.45) is 11.8 Å². The van der Waals surface area contributed by atoms with Crippen molar-refractivity contribution in [3.05, 3.63) is 25.3 Å². The third-order valence-corrected chi connectivity index (χ3v) is 4.42. The van der Waals surface area contributed by atoms with E-state index in [0.29, 0.717) is 0 Å². The molecule has 1 aliphatic rings. The van der Waals surface area contributed by atoms with Gasteiger partial charge in [-0.05, 0) is 25.0 Å². The molecule has 0 bridgehead atoms. The Kier molecular flexibility index (Phi) is 11.0. The quantitative estimate of drug-likeness (QED) is 0.509. The molecule has 1 aliphatic heterocycles. The van der Waals surface area contributed by atoms with Crippen LogP contribution in [0.4, 0.5) is 0 Å². The molecule has 0 saturated carbocycles. The van der Waals surface area contributed by atoms with Crippen LogP contribution in [-0.4, -0.2) is 63.3 Å². The van der Waals surface area contributed by atoms with Gasteiger partial charge in [-0.2, -0.15) is 0 Å². The first-order valence-electron chi connectivity index (χ1n) is 8.07. The molecule has 0 amide bonds. The first-order chi connectivity index (χ1) is 9.21. The van der Waals surface area contributed by atoms with Gasteiger partial charge in [0, 0.05) is 11.8 Å². The summed E-state index contributed by atoms with van der Waals surface area (Å²) in [7, 11) is 9.03. The second-order valence-electron chi connectivity index (χ2n) is 7.52. The number of likely N-dealkylation sites (tertiary alicyclic amines) is 1. The number of likely N-dealkylation sites (N-methyl/N-ethyl adjacent to an activating group) is 1. The Balaban J connectivity index is 0. The minimum atomic E-state index is 0. The van der Waals surface area contributed by atoms with Gasteiger partial charge in [-0.1, -0.05) is 34.4 Å². The maximum Gasteiger partial charge on any atom is 0.0969 e. The normalized spacial score (nSPS) is 23.5. The molecule has 0 N–H and O–H groups in total. The van der Waals surface area contributed by atoms with Gasteiger partial charge in [0.1, 0.15) is 0 Å². The molecule has 1 saturated heterocycles. The Hall–Kier alpha value is -0.600. The van der Waals surface area contributed by atoms with Gasteiger partial charge in [-0.3, -0.25) is 0 Å². The molecule has 0 spiro atoms. The third kappa shape index (κ3) is 9.10. The fourth-order valence-electron chi connectivity index (χ4n) is 3.34. The molecule has 0 aliphatic carbocycles. The van der Waals surface area contributed by atoms with Crippen molar-refractivity contribution in [1.82, 2.24) is 0 Å². The highest BCUT2D eigenvalue weighted by Crippen LogP contribution is 2.30. The molecular formula is C19H42N2+2. The molecule has 1 rings (SSSR count). The molecule has 0 aromatic carbocycles. The van der Waals surface area contributed by atoms with Gasteiger partial charge in [-0.25, -0.2) is 0 Å². The van der Waals surface area contributed by atoms with E-state index in [0.717, 1.165) is 29.4 Å². The average Bonchev–Trinajstić information content (AvgIpc) is 2.64. The van der Waals surface area contributed by atoms with Crippen LogP contribution in [0.5, 0.6) is 0 Å². The number of nitrogens with zero attached hydrogens (tertiary/aromatic N) is 2. The summed E-state index contributed by atoms with van der Waals surface area (Å²) in [5.41, 5.74) is 0. The van der Waals surface area contributed by atoms with Crippen LogP contribution < -0.4 is 0 Å². The minimum absolute atomic E-state index is 0. The summed E-state index contributed by atoms with van der Waals surface area (Å²) in [5.74, 6) is 1.99. The third-order valence-electron chi connectivity index (χ3n) is 4.42. The van der Waals surface area contributed by atoms with Gasteiger partial charge in [0.15, 0.2) is 0 Å². The molecule has 0 radical (unpaired) electrons. The van der Waals surface area contributed by atoms with Crippen LogP contribution in [0.1, 0.15) is 34.1 Å². The summed E-state index contributed by atoms with van der Waals surface area (Å²) in [6.07, 6.45) is 6.62. The number of rotatable bonds is 6. The maximum absolute atomic E-state index is 3.68. The molecule has 0 aromatic heterocycles. The van der Waals surface area contributed by atoms with Gasteiger partial charge in [0.05, 0.1) is 54.4 Å². The lowest BCUT2D eigenvalue weighted by atomic mass is 9.92. The fourth-order valence-corrected chi connectivity index (χ4v) is 3.34. The van der Waals surface area contributed by atoms with E-state index in [4.69, 9.17) is 0 Å². The fraction of sp³-hybridized carbons (Fsp3) is 0.789. The van der Waals surface area contributed by atoms with Crippen molar-refractivity contribution in [2.75, 3.05) is 54.4 Å². The van der Waals surface area contributed by atoms with Crippen LogP contribution in [0.25, 0.3) is 0 Å². The van der Waals surface area contributed by atoms with Crippen molar-refractivity contribution in [2.45, 2.75) is 34.1 Å². The molecule has 126 valence electrons. The first-order valence-corrected chi connectivity index (χ1v) is 8.07. The van der Waals surface area contributed by atoms with Gasteiger partial charge in [0.2, 0.25) is 0 Å². The van der Waals surface area contributed by atoms with Crippen LogP contribution in [0.15, 0.2) is 25.3 Å². The summed E-state index contributed by atoms with van der Waals surface area (Å²) in [6, 6.07) is 0. The van der Waals surface area contributed by atoms with Crippen LogP contribution in [-0.2, 0) is 0 Å². The molecule has 1 heterocycles. The summed E-state index contributed by atoms with van der Waals surface area (Å²) < 4.78 is 2.20. The second-order valence-corrected chi connectivity index (χ2v) is 7.52. The average molecular weight is 299 g/mol. The Bertz CT molecular complexity index is 266. The largest absolute Gasteiger partial charge is 0.328 e. The molecule has 2 nitrogen and oxygen atoms in total. The van der Waals surface area contributed by atoms with Gasteiger partial charge in [-0.15, -0.1) is 0 Å². The van der Waals surface area contributed by atoms with Crippen molar-refractivity contribution in [3.8, 4) is 0 Å². The van der Waals surface area contributed by atoms with E-state index in [1.807, 2.05) is 12.2 Å². The van der Waals surface area contributed by atoms with E-state index >= 15 is 0 Å². The smallest absolute Gasteiger partial charge is 0.0969 e. The Morgan fingerprint density at radius 1 is 0.952 bits per heavy atom. The van der Waals surface area contributed by atoms with E-state index in [9.17, 15) is 0 Å². The summed E-state index contributed by atoms with van der Waals surface area (Å²) in [4.78, 5) is 0. The van der Waals surface area contributed by atoms with E-state index in [-0.39, 0.29) is 7.43 Å². The highest BCUT2D eigenvalue weighted by Gasteiger charge is 2.37. The van der Waals surface area contributed by atoms with Crippen molar-refractivity contribution in [3.63, 3.8) is 0 Å². The molecule has 1 fully saturated rings. The van der Waals surface area contributed by atoms with Crippen molar-refractivity contribution >= 4 is 0 Å². The Morgan fingerprint density at radius 2 is 1.29 bits per heavy atom. The number of hydrogen-bond donors (Lipinski definition) is 0. The zero-order valence-corrected chi connectivity index (χ0v) is 14.9. The lowest BCUT2D eigenvalue weighted by Gasteiger charge is -2.26. The minimum Gasteiger partial charge on any atom is -0.328 e. The molecule has 2 unspecified atom stereocenters. The summed E-state index contributed by atoms with van der Waals surface area (Å²) in [6.45, 7) is 16.8.